The van der Waals surface area contributed by atoms with E-state index in [0.717, 1.165) is 6.26 Å². The lowest BCUT2D eigenvalue weighted by atomic mass is 10.3. The first-order valence-corrected chi connectivity index (χ1v) is 6.60. The molecule has 0 aliphatic carbocycles. The number of alkyl halides is 2. The van der Waals surface area contributed by atoms with Gasteiger partial charge in [0.1, 0.15) is 12.4 Å². The summed E-state index contributed by atoms with van der Waals surface area (Å²) < 4.78 is 31.3. The minimum absolute atomic E-state index is 0.104. The number of ether oxygens (including phenoxy) is 1. The van der Waals surface area contributed by atoms with Gasteiger partial charge in [0.05, 0.1) is 12.6 Å². The number of rotatable bonds is 8. The average Bonchev–Trinajstić information content (AvgIpc) is 2.72. The zero-order valence-corrected chi connectivity index (χ0v) is 12.5. The van der Waals surface area contributed by atoms with Crippen molar-refractivity contribution >= 4 is 12.0 Å². The number of hydrogen-bond donors (Lipinski definition) is 1. The summed E-state index contributed by atoms with van der Waals surface area (Å²) in [5.74, 6) is -1.85. The molecule has 1 rings (SSSR count). The monoisotopic (exact) mass is 323 g/mol. The fourth-order valence-electron chi connectivity index (χ4n) is 1.79. The van der Waals surface area contributed by atoms with Crippen LogP contribution in [0, 0.1) is 0 Å². The number of amides is 2. The van der Waals surface area contributed by atoms with Gasteiger partial charge in [-0.2, -0.15) is 18.7 Å². The molecule has 1 aliphatic rings. The first kappa shape index (κ1) is 18.1. The van der Waals surface area contributed by atoms with Crippen LogP contribution in [0.1, 0.15) is 20.8 Å². The van der Waals surface area contributed by atoms with Gasteiger partial charge in [0.15, 0.2) is 0 Å². The second-order valence-electron chi connectivity index (χ2n) is 4.52. The van der Waals surface area contributed by atoms with Crippen molar-refractivity contribution in [3.05, 3.63) is 12.8 Å². The largest absolute Gasteiger partial charge is 0.477 e. The fraction of sp³-hybridized carbons (Fsp3) is 0.667. The zero-order chi connectivity index (χ0) is 16.9. The molecule has 126 valence electrons. The molecule has 2 atom stereocenters. The first-order valence-electron chi connectivity index (χ1n) is 6.60. The minimum atomic E-state index is -4.25. The summed E-state index contributed by atoms with van der Waals surface area (Å²) in [6.07, 6.45) is -3.74. The van der Waals surface area contributed by atoms with Crippen LogP contribution in [-0.4, -0.2) is 53.4 Å². The van der Waals surface area contributed by atoms with Crippen LogP contribution in [0.25, 0.3) is 0 Å². The van der Waals surface area contributed by atoms with Crippen LogP contribution >= 0.6 is 0 Å². The van der Waals surface area contributed by atoms with E-state index in [1.54, 1.807) is 6.92 Å². The van der Waals surface area contributed by atoms with E-state index in [4.69, 9.17) is 4.84 Å². The summed E-state index contributed by atoms with van der Waals surface area (Å²) >= 11 is 0. The van der Waals surface area contributed by atoms with Crippen LogP contribution in [0.3, 0.4) is 0 Å². The van der Waals surface area contributed by atoms with Gasteiger partial charge in [-0.25, -0.2) is 9.59 Å². The molecule has 0 aromatic rings. The zero-order valence-electron chi connectivity index (χ0n) is 12.5. The van der Waals surface area contributed by atoms with Crippen molar-refractivity contribution in [1.82, 2.24) is 15.4 Å². The van der Waals surface area contributed by atoms with E-state index >= 15 is 0 Å². The number of hydroxylamine groups is 3. The molecule has 2 amide bonds. The summed E-state index contributed by atoms with van der Waals surface area (Å²) in [5.41, 5.74) is 2.48. The van der Waals surface area contributed by atoms with Gasteiger partial charge in [-0.3, -0.25) is 0 Å². The summed E-state index contributed by atoms with van der Waals surface area (Å²) in [7, 11) is 0. The van der Waals surface area contributed by atoms with Crippen molar-refractivity contribution < 1.29 is 32.8 Å². The van der Waals surface area contributed by atoms with Crippen LogP contribution in [0.5, 0.6) is 0 Å². The molecule has 2 unspecified atom stereocenters. The second-order valence-corrected chi connectivity index (χ2v) is 4.52. The summed E-state index contributed by atoms with van der Waals surface area (Å²) in [4.78, 5) is 33.4. The molecule has 0 aromatic heterocycles. The van der Waals surface area contributed by atoms with Crippen molar-refractivity contribution in [2.24, 2.45) is 0 Å². The fourth-order valence-corrected chi connectivity index (χ4v) is 1.79. The number of nitrogens with one attached hydrogen (secondary N) is 1. The number of hydrogen-bond acceptors (Lipinski definition) is 6. The number of urea groups is 1. The molecule has 8 nitrogen and oxygen atoms in total. The normalized spacial score (nSPS) is 20.0. The minimum Gasteiger partial charge on any atom is -0.460 e. The van der Waals surface area contributed by atoms with E-state index in [9.17, 15) is 18.4 Å². The van der Waals surface area contributed by atoms with Gasteiger partial charge in [0.2, 0.25) is 0 Å². The lowest BCUT2D eigenvalue weighted by Crippen LogP contribution is -2.47. The van der Waals surface area contributed by atoms with Crippen molar-refractivity contribution in [3.63, 3.8) is 0 Å². The first-order chi connectivity index (χ1) is 10.2. The highest BCUT2D eigenvalue weighted by atomic mass is 19.3. The molecular formula is C12H19F2N3O5. The maximum absolute atomic E-state index is 13.6. The van der Waals surface area contributed by atoms with Crippen LogP contribution in [0.15, 0.2) is 12.8 Å². The number of carbonyl (C=O) groups is 2. The van der Waals surface area contributed by atoms with Gasteiger partial charge in [-0.1, -0.05) is 6.58 Å². The number of nitrogens with zero attached hydrogens (tertiary/aromatic N) is 2. The molecule has 22 heavy (non-hydrogen) atoms. The van der Waals surface area contributed by atoms with Crippen LogP contribution in [0.4, 0.5) is 13.6 Å². The van der Waals surface area contributed by atoms with Gasteiger partial charge in [-0.15, -0.1) is 5.48 Å². The lowest BCUT2D eigenvalue weighted by molar-refractivity contribution is -0.328. The van der Waals surface area contributed by atoms with E-state index in [2.05, 4.69) is 21.6 Å². The Labute approximate surface area is 126 Å². The van der Waals surface area contributed by atoms with Gasteiger partial charge in [0, 0.05) is 6.54 Å². The highest BCUT2D eigenvalue weighted by Crippen LogP contribution is 2.26. The van der Waals surface area contributed by atoms with Crippen molar-refractivity contribution in [2.75, 3.05) is 13.2 Å². The quantitative estimate of drug-likeness (QED) is 0.411. The third kappa shape index (κ3) is 4.04. The summed E-state index contributed by atoms with van der Waals surface area (Å²) in [5, 5.41) is 0.447. The molecule has 0 saturated carbocycles. The summed E-state index contributed by atoms with van der Waals surface area (Å²) in [6, 6.07) is -1.52. The number of halogens is 2. The molecule has 10 heteroatoms. The Balaban J connectivity index is 2.74. The molecule has 1 aliphatic heterocycles. The van der Waals surface area contributed by atoms with Gasteiger partial charge < -0.3 is 14.5 Å². The standard InChI is InChI=1S/C12H19F2N3O5/c1-5-20-10(18)12(13,14)22-17-8(3)7-16(11(17)19)9(4)15-21-6-2/h6,8-9,15H,2,5,7H2,1,3-4H3. The molecule has 0 bridgehead atoms. The van der Waals surface area contributed by atoms with Gasteiger partial charge in [-0.05, 0) is 20.8 Å². The van der Waals surface area contributed by atoms with E-state index in [-0.39, 0.29) is 13.2 Å². The molecule has 0 spiro atoms. The SMILES string of the molecule is C=CONC(C)N1CC(C)N(OC(F)(F)C(=O)OCC)C1=O. The molecule has 1 heterocycles. The molecular weight excluding hydrogens is 304 g/mol. The molecule has 0 radical (unpaired) electrons. The second kappa shape index (κ2) is 7.36. The van der Waals surface area contributed by atoms with Crippen LogP contribution < -0.4 is 5.48 Å². The van der Waals surface area contributed by atoms with Gasteiger partial charge >= 0.3 is 18.1 Å². The Kier molecular flexibility index (Phi) is 6.06. The van der Waals surface area contributed by atoms with E-state index in [1.165, 1.54) is 18.7 Å². The topological polar surface area (TPSA) is 80.3 Å². The smallest absolute Gasteiger partial charge is 0.460 e. The van der Waals surface area contributed by atoms with Crippen molar-refractivity contribution in [2.45, 2.75) is 39.1 Å². The Hall–Kier alpha value is -1.94. The average molecular weight is 323 g/mol. The number of carbonyl (C=O) groups excluding carboxylic acids is 2. The molecule has 1 saturated heterocycles. The third-order valence-corrected chi connectivity index (χ3v) is 2.81. The maximum Gasteiger partial charge on any atom is 0.477 e. The van der Waals surface area contributed by atoms with E-state index in [0.29, 0.717) is 5.06 Å². The predicted molar refractivity (Wildman–Crippen MR) is 69.9 cm³/mol. The predicted octanol–water partition coefficient (Wildman–Crippen LogP) is 1.21. The highest BCUT2D eigenvalue weighted by molar-refractivity contribution is 5.78. The Morgan fingerprint density at radius 1 is 1.64 bits per heavy atom. The number of esters is 1. The Morgan fingerprint density at radius 3 is 2.82 bits per heavy atom. The van der Waals surface area contributed by atoms with Crippen molar-refractivity contribution in [1.29, 1.82) is 0 Å². The van der Waals surface area contributed by atoms with Crippen LogP contribution in [-0.2, 0) is 19.2 Å². The Morgan fingerprint density at radius 2 is 2.27 bits per heavy atom. The van der Waals surface area contributed by atoms with Crippen molar-refractivity contribution in [3.8, 4) is 0 Å². The van der Waals surface area contributed by atoms with Crippen LogP contribution in [0.2, 0.25) is 0 Å². The van der Waals surface area contributed by atoms with E-state index in [1.807, 2.05) is 0 Å². The molecule has 1 fully saturated rings. The summed E-state index contributed by atoms with van der Waals surface area (Å²) in [6.45, 7) is 7.66. The Bertz CT molecular complexity index is 435. The lowest BCUT2D eigenvalue weighted by Gasteiger charge is -2.25. The molecule has 1 N–H and O–H groups in total. The molecule has 0 aromatic carbocycles. The van der Waals surface area contributed by atoms with Gasteiger partial charge in [0.25, 0.3) is 0 Å². The highest BCUT2D eigenvalue weighted by Gasteiger charge is 2.50. The van der Waals surface area contributed by atoms with E-state index < -0.39 is 30.3 Å². The maximum atomic E-state index is 13.6. The third-order valence-electron chi connectivity index (χ3n) is 2.81.